The van der Waals surface area contributed by atoms with Crippen molar-refractivity contribution in [1.82, 2.24) is 15.3 Å². The fourth-order valence-corrected chi connectivity index (χ4v) is 2.65. The number of aliphatic hydroxyl groups excluding tert-OH is 1. The van der Waals surface area contributed by atoms with Crippen LogP contribution in [0.4, 0.5) is 0 Å². The number of nitrogens with one attached hydrogen (secondary N) is 2. The van der Waals surface area contributed by atoms with Crippen LogP contribution in [0, 0.1) is 6.92 Å². The van der Waals surface area contributed by atoms with E-state index >= 15 is 0 Å². The van der Waals surface area contributed by atoms with Gasteiger partial charge in [0.05, 0.1) is 17.8 Å². The van der Waals surface area contributed by atoms with E-state index in [1.807, 2.05) is 0 Å². The SMILES string of the molecule is Cc1nc(C2CC2)[nH]c(=O)c1C(=O)NC1(CO)CCC1. The number of aromatic amines is 1. The summed E-state index contributed by atoms with van der Waals surface area (Å²) in [5.74, 6) is 0.589. The molecule has 0 aromatic carbocycles. The number of carbonyl (C=O) groups is 1. The highest BCUT2D eigenvalue weighted by Crippen LogP contribution is 2.37. The van der Waals surface area contributed by atoms with Gasteiger partial charge in [-0.2, -0.15) is 0 Å². The first-order valence-electron chi connectivity index (χ1n) is 7.09. The van der Waals surface area contributed by atoms with Crippen LogP contribution >= 0.6 is 0 Å². The highest BCUT2D eigenvalue weighted by atomic mass is 16.3. The predicted molar refractivity (Wildman–Crippen MR) is 72.7 cm³/mol. The second kappa shape index (κ2) is 4.70. The lowest BCUT2D eigenvalue weighted by Crippen LogP contribution is -2.57. The van der Waals surface area contributed by atoms with E-state index in [0.29, 0.717) is 17.4 Å². The van der Waals surface area contributed by atoms with Crippen LogP contribution in [-0.2, 0) is 0 Å². The van der Waals surface area contributed by atoms with Gasteiger partial charge in [0.15, 0.2) is 0 Å². The first-order chi connectivity index (χ1) is 9.54. The molecule has 0 spiro atoms. The summed E-state index contributed by atoms with van der Waals surface area (Å²) < 4.78 is 0. The molecule has 1 aromatic heterocycles. The molecule has 3 N–H and O–H groups in total. The maximum absolute atomic E-state index is 12.3. The van der Waals surface area contributed by atoms with Gasteiger partial charge >= 0.3 is 0 Å². The van der Waals surface area contributed by atoms with Gasteiger partial charge in [0, 0.05) is 5.92 Å². The third-order valence-corrected chi connectivity index (χ3v) is 4.30. The fourth-order valence-electron chi connectivity index (χ4n) is 2.65. The van der Waals surface area contributed by atoms with Crippen molar-refractivity contribution in [1.29, 1.82) is 0 Å². The van der Waals surface area contributed by atoms with Crippen molar-refractivity contribution in [2.24, 2.45) is 0 Å². The number of hydrogen-bond donors (Lipinski definition) is 3. The molecule has 0 unspecified atom stereocenters. The molecule has 0 radical (unpaired) electrons. The summed E-state index contributed by atoms with van der Waals surface area (Å²) in [7, 11) is 0. The summed E-state index contributed by atoms with van der Waals surface area (Å²) in [6, 6.07) is 0. The molecule has 2 aliphatic rings. The zero-order chi connectivity index (χ0) is 14.3. The Morgan fingerprint density at radius 3 is 2.65 bits per heavy atom. The van der Waals surface area contributed by atoms with Crippen LogP contribution in [0.1, 0.15) is 59.9 Å². The molecule has 1 heterocycles. The summed E-state index contributed by atoms with van der Waals surface area (Å²) in [4.78, 5) is 31.4. The van der Waals surface area contributed by atoms with E-state index in [1.165, 1.54) is 0 Å². The van der Waals surface area contributed by atoms with Crippen molar-refractivity contribution in [3.05, 3.63) is 27.4 Å². The van der Waals surface area contributed by atoms with E-state index in [2.05, 4.69) is 15.3 Å². The average molecular weight is 277 g/mol. The molecule has 6 nitrogen and oxygen atoms in total. The third-order valence-electron chi connectivity index (χ3n) is 4.30. The van der Waals surface area contributed by atoms with Crippen molar-refractivity contribution in [2.45, 2.75) is 50.5 Å². The Kier molecular flexibility index (Phi) is 3.12. The largest absolute Gasteiger partial charge is 0.394 e. The van der Waals surface area contributed by atoms with Gasteiger partial charge in [-0.05, 0) is 39.0 Å². The zero-order valence-corrected chi connectivity index (χ0v) is 11.5. The number of rotatable bonds is 4. The van der Waals surface area contributed by atoms with Crippen molar-refractivity contribution < 1.29 is 9.90 Å². The van der Waals surface area contributed by atoms with Crippen LogP contribution in [-0.4, -0.2) is 33.1 Å². The van der Waals surface area contributed by atoms with Crippen LogP contribution < -0.4 is 10.9 Å². The van der Waals surface area contributed by atoms with Crippen LogP contribution in [0.15, 0.2) is 4.79 Å². The van der Waals surface area contributed by atoms with Gasteiger partial charge in [-0.1, -0.05) is 0 Å². The van der Waals surface area contributed by atoms with Crippen LogP contribution in [0.5, 0.6) is 0 Å². The second-order valence-electron chi connectivity index (χ2n) is 5.93. The Labute approximate surface area is 116 Å². The van der Waals surface area contributed by atoms with Gasteiger partial charge in [0.1, 0.15) is 11.4 Å². The molecule has 2 saturated carbocycles. The molecule has 20 heavy (non-hydrogen) atoms. The fraction of sp³-hybridized carbons (Fsp3) is 0.643. The second-order valence-corrected chi connectivity index (χ2v) is 5.93. The monoisotopic (exact) mass is 277 g/mol. The maximum Gasteiger partial charge on any atom is 0.264 e. The van der Waals surface area contributed by atoms with Crippen molar-refractivity contribution >= 4 is 5.91 Å². The Morgan fingerprint density at radius 2 is 2.20 bits per heavy atom. The summed E-state index contributed by atoms with van der Waals surface area (Å²) in [5.41, 5.74) is -0.413. The molecule has 2 aliphatic carbocycles. The van der Waals surface area contributed by atoms with Gasteiger partial charge in [-0.15, -0.1) is 0 Å². The molecule has 2 fully saturated rings. The zero-order valence-electron chi connectivity index (χ0n) is 11.5. The number of aromatic nitrogens is 2. The van der Waals surface area contributed by atoms with Crippen LogP contribution in [0.25, 0.3) is 0 Å². The van der Waals surface area contributed by atoms with Gasteiger partial charge in [-0.25, -0.2) is 4.98 Å². The molecule has 0 bridgehead atoms. The minimum atomic E-state index is -0.550. The Balaban J connectivity index is 1.86. The molecule has 0 aliphatic heterocycles. The number of aryl methyl sites for hydroxylation is 1. The van der Waals surface area contributed by atoms with Gasteiger partial charge < -0.3 is 15.4 Å². The lowest BCUT2D eigenvalue weighted by Gasteiger charge is -2.40. The summed E-state index contributed by atoms with van der Waals surface area (Å²) >= 11 is 0. The van der Waals surface area contributed by atoms with Gasteiger partial charge in [0.2, 0.25) is 0 Å². The number of hydrogen-bond acceptors (Lipinski definition) is 4. The topological polar surface area (TPSA) is 95.1 Å². The first kappa shape index (κ1) is 13.3. The van der Waals surface area contributed by atoms with Gasteiger partial charge in [-0.3, -0.25) is 9.59 Å². The lowest BCUT2D eigenvalue weighted by atomic mass is 9.77. The number of carbonyl (C=O) groups excluding carboxylic acids is 1. The van der Waals surface area contributed by atoms with Crippen LogP contribution in [0.2, 0.25) is 0 Å². The lowest BCUT2D eigenvalue weighted by molar-refractivity contribution is 0.0639. The van der Waals surface area contributed by atoms with Crippen molar-refractivity contribution in [3.8, 4) is 0 Å². The van der Waals surface area contributed by atoms with Crippen molar-refractivity contribution in [3.63, 3.8) is 0 Å². The molecule has 1 amide bonds. The number of aliphatic hydroxyl groups is 1. The summed E-state index contributed by atoms with van der Waals surface area (Å²) in [6.45, 7) is 1.59. The molecule has 108 valence electrons. The number of H-pyrrole nitrogens is 1. The molecule has 6 heteroatoms. The van der Waals surface area contributed by atoms with Crippen LogP contribution in [0.3, 0.4) is 0 Å². The standard InChI is InChI=1S/C14H19N3O3/c1-8-10(12(19)16-11(15-8)9-3-4-9)13(20)17-14(7-18)5-2-6-14/h9,18H,2-7H2,1H3,(H,17,20)(H,15,16,19). The molecule has 0 saturated heterocycles. The number of nitrogens with zero attached hydrogens (tertiary/aromatic N) is 1. The van der Waals surface area contributed by atoms with Gasteiger partial charge in [0.25, 0.3) is 11.5 Å². The third kappa shape index (κ3) is 2.24. The number of amides is 1. The maximum atomic E-state index is 12.3. The minimum Gasteiger partial charge on any atom is -0.394 e. The quantitative estimate of drug-likeness (QED) is 0.751. The smallest absolute Gasteiger partial charge is 0.264 e. The average Bonchev–Trinajstić information content (AvgIpc) is 3.17. The summed E-state index contributed by atoms with van der Waals surface area (Å²) in [5, 5.41) is 12.2. The predicted octanol–water partition coefficient (Wildman–Crippen LogP) is 0.601. The Morgan fingerprint density at radius 1 is 1.50 bits per heavy atom. The Hall–Kier alpha value is -1.69. The van der Waals surface area contributed by atoms with E-state index in [1.54, 1.807) is 6.92 Å². The molecule has 1 aromatic rings. The first-order valence-corrected chi connectivity index (χ1v) is 7.09. The highest BCUT2D eigenvalue weighted by molar-refractivity contribution is 5.95. The molecular weight excluding hydrogens is 258 g/mol. The van der Waals surface area contributed by atoms with E-state index in [4.69, 9.17) is 0 Å². The summed E-state index contributed by atoms with van der Waals surface area (Å²) in [6.07, 6.45) is 4.57. The Bertz CT molecular complexity index is 595. The molecule has 0 atom stereocenters. The van der Waals surface area contributed by atoms with E-state index < -0.39 is 11.4 Å². The normalized spacial score (nSPS) is 20.3. The minimum absolute atomic E-state index is 0.0640. The van der Waals surface area contributed by atoms with E-state index in [-0.39, 0.29) is 17.7 Å². The molecule has 3 rings (SSSR count). The van der Waals surface area contributed by atoms with Crippen molar-refractivity contribution in [2.75, 3.05) is 6.61 Å². The van der Waals surface area contributed by atoms with E-state index in [0.717, 1.165) is 32.1 Å². The van der Waals surface area contributed by atoms with E-state index in [9.17, 15) is 14.7 Å². The highest BCUT2D eigenvalue weighted by Gasteiger charge is 2.38. The molecular formula is C14H19N3O3.